The van der Waals surface area contributed by atoms with E-state index in [2.05, 4.69) is 4.99 Å². The van der Waals surface area contributed by atoms with Crippen molar-refractivity contribution in [2.75, 3.05) is 26.8 Å². The summed E-state index contributed by atoms with van der Waals surface area (Å²) in [7, 11) is -2.48. The van der Waals surface area contributed by atoms with Gasteiger partial charge < -0.3 is 14.0 Å². The van der Waals surface area contributed by atoms with Crippen LogP contribution in [0.25, 0.3) is 10.2 Å². The van der Waals surface area contributed by atoms with Crippen molar-refractivity contribution in [3.05, 3.63) is 52.8 Å². The molecule has 0 saturated carbocycles. The lowest BCUT2D eigenvalue weighted by atomic mass is 10.2. The summed E-state index contributed by atoms with van der Waals surface area (Å²) in [5.74, 6) is -0.634. The average Bonchev–Trinajstić information content (AvgIpc) is 3.25. The van der Waals surface area contributed by atoms with Crippen LogP contribution in [0.1, 0.15) is 30.1 Å². The number of nitriles is 2. The molecular weight excluding hydrogens is 530 g/mol. The minimum Gasteiger partial charge on any atom is -0.495 e. The smallest absolute Gasteiger partial charge is 0.326 e. The normalized spacial score (nSPS) is 11.8. The van der Waals surface area contributed by atoms with E-state index in [9.17, 15) is 18.0 Å². The zero-order valence-corrected chi connectivity index (χ0v) is 22.4. The molecule has 0 unspecified atom stereocenters. The Morgan fingerprint density at radius 2 is 1.74 bits per heavy atom. The highest BCUT2D eigenvalue weighted by Gasteiger charge is 2.24. The van der Waals surface area contributed by atoms with Crippen LogP contribution in [0, 0.1) is 22.7 Å². The van der Waals surface area contributed by atoms with Gasteiger partial charge in [0.2, 0.25) is 10.0 Å². The summed E-state index contributed by atoms with van der Waals surface area (Å²) in [4.78, 5) is 29.7. The molecule has 0 atom stereocenters. The topological polar surface area (TPSA) is 155 Å². The fourth-order valence-corrected chi connectivity index (χ4v) is 6.09. The van der Waals surface area contributed by atoms with Gasteiger partial charge in [0.25, 0.3) is 5.91 Å². The average molecular weight is 556 g/mol. The van der Waals surface area contributed by atoms with Crippen LogP contribution in [0.2, 0.25) is 0 Å². The number of benzene rings is 2. The predicted molar refractivity (Wildman–Crippen MR) is 139 cm³/mol. The van der Waals surface area contributed by atoms with Crippen LogP contribution in [0.15, 0.2) is 52.4 Å². The molecule has 0 fully saturated rings. The Kier molecular flexibility index (Phi) is 9.73. The van der Waals surface area contributed by atoms with Crippen LogP contribution in [0.5, 0.6) is 5.75 Å². The number of nitrogens with zero attached hydrogens (tertiary/aromatic N) is 5. The number of sulfonamides is 1. The van der Waals surface area contributed by atoms with Crippen LogP contribution in [-0.2, 0) is 26.1 Å². The third-order valence-corrected chi connectivity index (χ3v) is 8.32. The number of para-hydroxylation sites is 1. The monoisotopic (exact) mass is 555 g/mol. The number of carbonyl (C=O) groups is 2. The van der Waals surface area contributed by atoms with Crippen molar-refractivity contribution in [2.24, 2.45) is 4.99 Å². The van der Waals surface area contributed by atoms with E-state index in [0.717, 1.165) is 9.01 Å². The highest BCUT2D eigenvalue weighted by atomic mass is 32.2. The van der Waals surface area contributed by atoms with Crippen molar-refractivity contribution < 1.29 is 27.5 Å². The van der Waals surface area contributed by atoms with Gasteiger partial charge in [0, 0.05) is 31.5 Å². The summed E-state index contributed by atoms with van der Waals surface area (Å²) in [6, 6.07) is 14.4. The van der Waals surface area contributed by atoms with E-state index in [1.165, 1.54) is 42.7 Å². The van der Waals surface area contributed by atoms with Gasteiger partial charge in [-0.1, -0.05) is 17.4 Å². The maximum atomic E-state index is 13.0. The summed E-state index contributed by atoms with van der Waals surface area (Å²) in [6.45, 7) is 1.61. The number of amides is 1. The van der Waals surface area contributed by atoms with Gasteiger partial charge in [0.15, 0.2) is 4.80 Å². The summed E-state index contributed by atoms with van der Waals surface area (Å²) in [6.07, 6.45) is -0.0439. The SMILES string of the molecule is CCOC(=O)Cn1c(=NC(=O)c2ccc(S(=O)(=O)N(CCC#N)CCC#N)cc2)sc2cccc(OC)c21. The molecule has 0 aliphatic heterocycles. The van der Waals surface area contributed by atoms with Gasteiger partial charge in [-0.3, -0.25) is 9.59 Å². The maximum Gasteiger partial charge on any atom is 0.326 e. The lowest BCUT2D eigenvalue weighted by Gasteiger charge is -2.20. The summed E-state index contributed by atoms with van der Waals surface area (Å²) in [5.41, 5.74) is 0.729. The zero-order chi connectivity index (χ0) is 27.7. The second-order valence-electron chi connectivity index (χ2n) is 7.74. The second kappa shape index (κ2) is 13.0. The Morgan fingerprint density at radius 3 is 2.32 bits per heavy atom. The lowest BCUT2D eigenvalue weighted by Crippen LogP contribution is -2.32. The predicted octanol–water partition coefficient (Wildman–Crippen LogP) is 2.83. The molecule has 3 rings (SSSR count). The molecular formula is C25H25N5O6S2. The third-order valence-electron chi connectivity index (χ3n) is 5.36. The van der Waals surface area contributed by atoms with E-state index in [0.29, 0.717) is 11.3 Å². The molecule has 3 aromatic rings. The number of aromatic nitrogens is 1. The number of carbonyl (C=O) groups excluding carboxylic acids is 2. The maximum absolute atomic E-state index is 13.0. The van der Waals surface area contributed by atoms with Gasteiger partial charge in [-0.2, -0.15) is 19.8 Å². The summed E-state index contributed by atoms with van der Waals surface area (Å²) in [5, 5.41) is 17.7. The number of rotatable bonds is 11. The minimum atomic E-state index is -3.98. The fraction of sp³-hybridized carbons (Fsp3) is 0.320. The third kappa shape index (κ3) is 6.44. The van der Waals surface area contributed by atoms with Crippen molar-refractivity contribution in [3.8, 4) is 17.9 Å². The number of thiazole rings is 1. The number of esters is 1. The Morgan fingerprint density at radius 1 is 1.08 bits per heavy atom. The number of hydrogen-bond acceptors (Lipinski definition) is 9. The Labute approximate surface area is 223 Å². The molecule has 1 aromatic heterocycles. The second-order valence-corrected chi connectivity index (χ2v) is 10.7. The first-order chi connectivity index (χ1) is 18.3. The van der Waals surface area contributed by atoms with Crippen LogP contribution in [0.3, 0.4) is 0 Å². The Balaban J connectivity index is 1.98. The molecule has 38 heavy (non-hydrogen) atoms. The van der Waals surface area contributed by atoms with Crippen LogP contribution in [0.4, 0.5) is 0 Å². The van der Waals surface area contributed by atoms with Crippen molar-refractivity contribution in [1.82, 2.24) is 8.87 Å². The fourth-order valence-electron chi connectivity index (χ4n) is 3.60. The van der Waals surface area contributed by atoms with E-state index in [1.54, 1.807) is 23.6 Å². The molecule has 0 aliphatic carbocycles. The van der Waals surface area contributed by atoms with E-state index in [4.69, 9.17) is 20.0 Å². The van der Waals surface area contributed by atoms with Gasteiger partial charge in [-0.15, -0.1) is 0 Å². The molecule has 0 spiro atoms. The largest absolute Gasteiger partial charge is 0.495 e. The zero-order valence-electron chi connectivity index (χ0n) is 20.8. The number of ether oxygens (including phenoxy) is 2. The van der Waals surface area contributed by atoms with Gasteiger partial charge in [-0.05, 0) is 43.3 Å². The number of methoxy groups -OCH3 is 1. The molecule has 0 bridgehead atoms. The molecule has 198 valence electrons. The summed E-state index contributed by atoms with van der Waals surface area (Å²) < 4.78 is 39.9. The quantitative estimate of drug-likeness (QED) is 0.327. The minimum absolute atomic E-state index is 0.0220. The lowest BCUT2D eigenvalue weighted by molar-refractivity contribution is -0.143. The van der Waals surface area contributed by atoms with Gasteiger partial charge in [-0.25, -0.2) is 8.42 Å². The molecule has 1 amide bonds. The van der Waals surface area contributed by atoms with E-state index in [1.807, 2.05) is 18.2 Å². The molecule has 13 heteroatoms. The van der Waals surface area contributed by atoms with Crippen LogP contribution in [-0.4, -0.2) is 56.0 Å². The first-order valence-corrected chi connectivity index (χ1v) is 13.8. The van der Waals surface area contributed by atoms with Gasteiger partial charge in [0.05, 0.1) is 35.5 Å². The Bertz CT molecular complexity index is 1560. The first-order valence-electron chi connectivity index (χ1n) is 11.5. The van der Waals surface area contributed by atoms with Crippen molar-refractivity contribution in [3.63, 3.8) is 0 Å². The Hall–Kier alpha value is -4.04. The van der Waals surface area contributed by atoms with E-state index < -0.39 is 21.9 Å². The molecule has 2 aromatic carbocycles. The highest BCUT2D eigenvalue weighted by Crippen LogP contribution is 2.27. The standard InChI is InChI=1S/C25H25N5O6S2/c1-3-36-22(31)17-30-23-20(35-2)7-4-8-21(23)37-25(30)28-24(32)18-9-11-19(12-10-18)38(33,34)29(15-5-13-26)16-6-14-27/h4,7-12H,3,5-6,15-17H2,1-2H3. The molecule has 0 radical (unpaired) electrons. The van der Waals surface area contributed by atoms with E-state index in [-0.39, 0.29) is 54.3 Å². The van der Waals surface area contributed by atoms with Crippen molar-refractivity contribution in [1.29, 1.82) is 10.5 Å². The van der Waals surface area contributed by atoms with Crippen molar-refractivity contribution in [2.45, 2.75) is 31.2 Å². The number of hydrogen-bond donors (Lipinski definition) is 0. The van der Waals surface area contributed by atoms with Crippen molar-refractivity contribution >= 4 is 43.5 Å². The van der Waals surface area contributed by atoms with Crippen LogP contribution >= 0.6 is 11.3 Å². The molecule has 0 aliphatic rings. The first kappa shape index (κ1) is 28.5. The summed E-state index contributed by atoms with van der Waals surface area (Å²) >= 11 is 1.20. The molecule has 0 N–H and O–H groups in total. The highest BCUT2D eigenvalue weighted by molar-refractivity contribution is 7.89. The van der Waals surface area contributed by atoms with Gasteiger partial charge >= 0.3 is 5.97 Å². The van der Waals surface area contributed by atoms with E-state index >= 15 is 0 Å². The van der Waals surface area contributed by atoms with Gasteiger partial charge in [0.1, 0.15) is 17.8 Å². The van der Waals surface area contributed by atoms with Crippen LogP contribution < -0.4 is 9.54 Å². The number of fused-ring (bicyclic) bond motifs is 1. The molecule has 0 saturated heterocycles. The molecule has 1 heterocycles. The molecule has 11 nitrogen and oxygen atoms in total.